The molecule has 3 N–H and O–H groups in total. The number of ether oxygens (including phenoxy) is 2. The number of carbonyl (C=O) groups excluding carboxylic acids is 3. The molecule has 10 heteroatoms. The Morgan fingerprint density at radius 3 is 2.68 bits per heavy atom. The Hall–Kier alpha value is -3.66. The van der Waals surface area contributed by atoms with Crippen molar-refractivity contribution in [1.82, 2.24) is 16.1 Å². The summed E-state index contributed by atoms with van der Waals surface area (Å²) in [4.78, 5) is 35.2. The molecule has 1 aromatic carbocycles. The molecule has 1 aromatic heterocycles. The standard InChI is InChI=1S/C21H24N4O6/c26-19(22-12-17-3-1-9-29-17)14-31-16-7-5-15(6-8-16)11-24-25-21(28)20(27)23-13-18-4-2-10-30-18/h1,3,5-9,11,18H,2,4,10,12-14H2,(H,22,26)(H,23,27)(H,25,28)/b24-11-/t18-/m1/s1. The van der Waals surface area contributed by atoms with Crippen LogP contribution in [0, 0.1) is 0 Å². The van der Waals surface area contributed by atoms with Crippen molar-refractivity contribution in [1.29, 1.82) is 0 Å². The fraction of sp³-hybridized carbons (Fsp3) is 0.333. The maximum atomic E-state index is 11.8. The molecule has 2 heterocycles. The van der Waals surface area contributed by atoms with E-state index >= 15 is 0 Å². The largest absolute Gasteiger partial charge is 0.484 e. The summed E-state index contributed by atoms with van der Waals surface area (Å²) in [5.74, 6) is -0.730. The number of nitrogens with one attached hydrogen (secondary N) is 3. The first-order valence-corrected chi connectivity index (χ1v) is 9.85. The van der Waals surface area contributed by atoms with Crippen LogP contribution in [-0.2, 0) is 25.7 Å². The van der Waals surface area contributed by atoms with Crippen LogP contribution in [0.1, 0.15) is 24.2 Å². The summed E-state index contributed by atoms with van der Waals surface area (Å²) in [5.41, 5.74) is 2.85. The summed E-state index contributed by atoms with van der Waals surface area (Å²) < 4.78 is 15.9. The number of rotatable bonds is 9. The first-order valence-electron chi connectivity index (χ1n) is 9.85. The van der Waals surface area contributed by atoms with Crippen molar-refractivity contribution in [2.75, 3.05) is 19.8 Å². The Bertz CT molecular complexity index is 889. The Labute approximate surface area is 179 Å². The van der Waals surface area contributed by atoms with Crippen molar-refractivity contribution in [3.05, 3.63) is 54.0 Å². The lowest BCUT2D eigenvalue weighted by Gasteiger charge is -2.09. The van der Waals surface area contributed by atoms with Crippen LogP contribution in [0.25, 0.3) is 0 Å². The predicted octanol–water partition coefficient (Wildman–Crippen LogP) is 0.720. The molecule has 31 heavy (non-hydrogen) atoms. The third-order valence-electron chi connectivity index (χ3n) is 4.39. The van der Waals surface area contributed by atoms with Crippen LogP contribution < -0.4 is 20.8 Å². The van der Waals surface area contributed by atoms with Gasteiger partial charge < -0.3 is 24.5 Å². The van der Waals surface area contributed by atoms with Gasteiger partial charge in [0.1, 0.15) is 11.5 Å². The smallest absolute Gasteiger partial charge is 0.329 e. The molecule has 0 bridgehead atoms. The van der Waals surface area contributed by atoms with Gasteiger partial charge in [0.05, 0.1) is 25.1 Å². The number of furan rings is 1. The monoisotopic (exact) mass is 428 g/mol. The molecule has 0 radical (unpaired) electrons. The first kappa shape index (κ1) is 22.0. The van der Waals surface area contributed by atoms with E-state index in [0.717, 1.165) is 12.8 Å². The Morgan fingerprint density at radius 1 is 1.13 bits per heavy atom. The van der Waals surface area contributed by atoms with E-state index in [2.05, 4.69) is 21.2 Å². The molecule has 1 saturated heterocycles. The molecule has 1 aliphatic heterocycles. The highest BCUT2D eigenvalue weighted by Crippen LogP contribution is 2.11. The summed E-state index contributed by atoms with van der Waals surface area (Å²) in [7, 11) is 0. The molecule has 0 aliphatic carbocycles. The lowest BCUT2D eigenvalue weighted by atomic mass is 10.2. The van der Waals surface area contributed by atoms with E-state index in [1.807, 2.05) is 0 Å². The maximum absolute atomic E-state index is 11.8. The molecular formula is C21H24N4O6. The number of hydrogen-bond acceptors (Lipinski definition) is 7. The second-order valence-electron chi connectivity index (χ2n) is 6.76. The second-order valence-corrected chi connectivity index (χ2v) is 6.76. The number of amides is 3. The zero-order valence-electron chi connectivity index (χ0n) is 16.8. The van der Waals surface area contributed by atoms with E-state index in [1.54, 1.807) is 36.4 Å². The van der Waals surface area contributed by atoms with Gasteiger partial charge in [0.15, 0.2) is 6.61 Å². The molecule has 0 unspecified atom stereocenters. The normalized spacial score (nSPS) is 15.5. The summed E-state index contributed by atoms with van der Waals surface area (Å²) >= 11 is 0. The first-order chi connectivity index (χ1) is 15.1. The van der Waals surface area contributed by atoms with Crippen molar-refractivity contribution in [2.24, 2.45) is 5.10 Å². The van der Waals surface area contributed by atoms with Gasteiger partial charge in [0.25, 0.3) is 5.91 Å². The van der Waals surface area contributed by atoms with E-state index in [0.29, 0.717) is 36.8 Å². The topological polar surface area (TPSA) is 131 Å². The second kappa shape index (κ2) is 11.5. The minimum atomic E-state index is -0.852. The van der Waals surface area contributed by atoms with E-state index in [9.17, 15) is 14.4 Å². The summed E-state index contributed by atoms with van der Waals surface area (Å²) in [6, 6.07) is 10.2. The van der Waals surface area contributed by atoms with Crippen molar-refractivity contribution in [3.8, 4) is 5.75 Å². The average molecular weight is 428 g/mol. The fourth-order valence-electron chi connectivity index (χ4n) is 2.76. The SMILES string of the molecule is O=C(COc1ccc(/C=N\NC(=O)C(=O)NC[C@H]2CCCO2)cc1)NCc1ccco1. The van der Waals surface area contributed by atoms with Crippen LogP contribution in [0.5, 0.6) is 5.75 Å². The lowest BCUT2D eigenvalue weighted by Crippen LogP contribution is -2.41. The minimum absolute atomic E-state index is 0.0388. The molecule has 164 valence electrons. The number of carbonyl (C=O) groups is 3. The predicted molar refractivity (Wildman–Crippen MR) is 110 cm³/mol. The van der Waals surface area contributed by atoms with Gasteiger partial charge in [-0.3, -0.25) is 14.4 Å². The van der Waals surface area contributed by atoms with Gasteiger partial charge in [-0.2, -0.15) is 5.10 Å². The van der Waals surface area contributed by atoms with E-state index in [4.69, 9.17) is 13.9 Å². The van der Waals surface area contributed by atoms with E-state index < -0.39 is 11.8 Å². The molecule has 1 atom stereocenters. The van der Waals surface area contributed by atoms with Crippen molar-refractivity contribution in [2.45, 2.75) is 25.5 Å². The molecule has 1 aliphatic rings. The van der Waals surface area contributed by atoms with Gasteiger partial charge in [0, 0.05) is 13.2 Å². The van der Waals surface area contributed by atoms with Gasteiger partial charge in [-0.15, -0.1) is 0 Å². The highest BCUT2D eigenvalue weighted by atomic mass is 16.5. The lowest BCUT2D eigenvalue weighted by molar-refractivity contribution is -0.139. The third-order valence-corrected chi connectivity index (χ3v) is 4.39. The van der Waals surface area contributed by atoms with Crippen LogP contribution in [0.15, 0.2) is 52.2 Å². The number of benzene rings is 1. The van der Waals surface area contributed by atoms with Crippen molar-refractivity contribution >= 4 is 23.9 Å². The zero-order valence-corrected chi connectivity index (χ0v) is 16.8. The van der Waals surface area contributed by atoms with Crippen LogP contribution in [-0.4, -0.2) is 49.8 Å². The molecule has 3 amide bonds. The van der Waals surface area contributed by atoms with Gasteiger partial charge in [-0.1, -0.05) is 0 Å². The molecule has 3 rings (SSSR count). The molecular weight excluding hydrogens is 404 g/mol. The van der Waals surface area contributed by atoms with E-state index in [-0.39, 0.29) is 18.6 Å². The molecule has 10 nitrogen and oxygen atoms in total. The van der Waals surface area contributed by atoms with Crippen LogP contribution in [0.2, 0.25) is 0 Å². The van der Waals surface area contributed by atoms with E-state index in [1.165, 1.54) is 12.5 Å². The quantitative estimate of drug-likeness (QED) is 0.306. The van der Waals surface area contributed by atoms with Crippen LogP contribution in [0.3, 0.4) is 0 Å². The Balaban J connectivity index is 1.34. The molecule has 0 spiro atoms. The summed E-state index contributed by atoms with van der Waals surface area (Å²) in [6.45, 7) is 1.14. The highest BCUT2D eigenvalue weighted by Gasteiger charge is 2.18. The third kappa shape index (κ3) is 7.59. The number of nitrogens with zero attached hydrogens (tertiary/aromatic N) is 1. The average Bonchev–Trinajstić information content (AvgIpc) is 3.49. The van der Waals surface area contributed by atoms with Crippen LogP contribution in [0.4, 0.5) is 0 Å². The molecule has 0 saturated carbocycles. The van der Waals surface area contributed by atoms with Crippen molar-refractivity contribution < 1.29 is 28.3 Å². The van der Waals surface area contributed by atoms with Gasteiger partial charge in [-0.25, -0.2) is 5.43 Å². The molecule has 1 fully saturated rings. The highest BCUT2D eigenvalue weighted by molar-refractivity contribution is 6.35. The Kier molecular flexibility index (Phi) is 8.18. The van der Waals surface area contributed by atoms with Gasteiger partial charge >= 0.3 is 11.8 Å². The Morgan fingerprint density at radius 2 is 1.97 bits per heavy atom. The minimum Gasteiger partial charge on any atom is -0.484 e. The summed E-state index contributed by atoms with van der Waals surface area (Å²) in [5, 5.41) is 8.96. The zero-order chi connectivity index (χ0) is 21.9. The van der Waals surface area contributed by atoms with Gasteiger partial charge in [0.2, 0.25) is 0 Å². The fourth-order valence-corrected chi connectivity index (χ4v) is 2.76. The van der Waals surface area contributed by atoms with Gasteiger partial charge in [-0.05, 0) is 54.8 Å². The number of hydrazone groups is 1. The summed E-state index contributed by atoms with van der Waals surface area (Å²) in [6.07, 6.45) is 4.72. The molecule has 2 aromatic rings. The maximum Gasteiger partial charge on any atom is 0.329 e. The van der Waals surface area contributed by atoms with Crippen molar-refractivity contribution in [3.63, 3.8) is 0 Å². The number of hydrogen-bond donors (Lipinski definition) is 3. The van der Waals surface area contributed by atoms with Crippen LogP contribution >= 0.6 is 0 Å².